The predicted molar refractivity (Wildman–Crippen MR) is 38.8 cm³/mol. The van der Waals surface area contributed by atoms with Crippen LogP contribution >= 0.6 is 0 Å². The van der Waals surface area contributed by atoms with Gasteiger partial charge in [0.2, 0.25) is 0 Å². The first kappa shape index (κ1) is 9.62. The summed E-state index contributed by atoms with van der Waals surface area (Å²) in [7, 11) is 1.60. The van der Waals surface area contributed by atoms with Crippen LogP contribution in [0.25, 0.3) is 0 Å². The van der Waals surface area contributed by atoms with Gasteiger partial charge in [0.25, 0.3) is 0 Å². The molecule has 0 amide bonds. The highest BCUT2D eigenvalue weighted by Gasteiger charge is 2.21. The van der Waals surface area contributed by atoms with Crippen LogP contribution < -0.4 is 0 Å². The second-order valence-corrected chi connectivity index (χ2v) is 1.73. The van der Waals surface area contributed by atoms with Gasteiger partial charge < -0.3 is 14.2 Å². The van der Waals surface area contributed by atoms with Crippen molar-refractivity contribution in [3.8, 4) is 0 Å². The van der Waals surface area contributed by atoms with Crippen molar-refractivity contribution in [2.75, 3.05) is 27.1 Å². The molecule has 1 unspecified atom stereocenters. The van der Waals surface area contributed by atoms with E-state index in [0.29, 0.717) is 19.5 Å². The summed E-state index contributed by atoms with van der Waals surface area (Å²) >= 11 is 0. The van der Waals surface area contributed by atoms with Gasteiger partial charge in [-0.15, -0.1) is 13.2 Å². The lowest BCUT2D eigenvalue weighted by Gasteiger charge is -1.96. The van der Waals surface area contributed by atoms with Gasteiger partial charge in [-0.1, -0.05) is 0 Å². The van der Waals surface area contributed by atoms with Gasteiger partial charge in [0.1, 0.15) is 12.9 Å². The first-order valence-corrected chi connectivity index (χ1v) is 3.12. The first-order chi connectivity index (χ1) is 4.93. The molecular formula is C7H14O3. The van der Waals surface area contributed by atoms with Crippen molar-refractivity contribution in [3.63, 3.8) is 0 Å². The fraction of sp³-hybridized carbons (Fsp3) is 0.714. The van der Waals surface area contributed by atoms with Gasteiger partial charge in [-0.05, 0) is 0 Å². The van der Waals surface area contributed by atoms with Gasteiger partial charge in [0.05, 0.1) is 13.2 Å². The van der Waals surface area contributed by atoms with E-state index in [-0.39, 0.29) is 0 Å². The molecule has 1 rings (SSSR count). The Morgan fingerprint density at radius 3 is 2.60 bits per heavy atom. The largest absolute Gasteiger partial charge is 0.371 e. The van der Waals surface area contributed by atoms with E-state index in [1.807, 2.05) is 0 Å². The minimum atomic E-state index is 0.352. The van der Waals surface area contributed by atoms with E-state index in [4.69, 9.17) is 9.47 Å². The van der Waals surface area contributed by atoms with Gasteiger partial charge in [0.15, 0.2) is 0 Å². The van der Waals surface area contributed by atoms with Crippen LogP contribution in [0.2, 0.25) is 0 Å². The fourth-order valence-corrected chi connectivity index (χ4v) is 0.427. The van der Waals surface area contributed by atoms with Crippen LogP contribution in [-0.2, 0) is 14.2 Å². The summed E-state index contributed by atoms with van der Waals surface area (Å²) in [6, 6.07) is 0. The molecule has 3 heteroatoms. The summed E-state index contributed by atoms with van der Waals surface area (Å²) in [6.07, 6.45) is 0.352. The van der Waals surface area contributed by atoms with Crippen LogP contribution in [0.4, 0.5) is 0 Å². The molecule has 0 bridgehead atoms. The Kier molecular flexibility index (Phi) is 6.48. The summed E-state index contributed by atoms with van der Waals surface area (Å²) in [4.78, 5) is 0. The van der Waals surface area contributed by atoms with Crippen molar-refractivity contribution in [1.29, 1.82) is 0 Å². The molecular weight excluding hydrogens is 132 g/mol. The maximum absolute atomic E-state index is 4.96. The van der Waals surface area contributed by atoms with Crippen molar-refractivity contribution < 1.29 is 14.2 Å². The Morgan fingerprint density at radius 1 is 1.60 bits per heavy atom. The van der Waals surface area contributed by atoms with E-state index in [1.165, 1.54) is 0 Å². The summed E-state index contributed by atoms with van der Waals surface area (Å²) in [6.45, 7) is 7.90. The van der Waals surface area contributed by atoms with E-state index in [1.54, 1.807) is 7.11 Å². The number of hydrogen-bond acceptors (Lipinski definition) is 3. The average molecular weight is 146 g/mol. The normalized spacial score (nSPS) is 21.1. The summed E-state index contributed by atoms with van der Waals surface area (Å²) in [5.41, 5.74) is 0. The molecule has 0 spiro atoms. The number of methoxy groups -OCH3 is 1. The van der Waals surface area contributed by atoms with E-state index < -0.39 is 0 Å². The van der Waals surface area contributed by atoms with Gasteiger partial charge in [-0.25, -0.2) is 0 Å². The highest BCUT2D eigenvalue weighted by molar-refractivity contribution is 4.66. The SMILES string of the molecule is C=C.COCOCC1CO1. The van der Waals surface area contributed by atoms with E-state index in [2.05, 4.69) is 17.9 Å². The average Bonchev–Trinajstić information content (AvgIpc) is 2.77. The lowest BCUT2D eigenvalue weighted by molar-refractivity contribution is -0.0351. The molecule has 0 aliphatic carbocycles. The van der Waals surface area contributed by atoms with Gasteiger partial charge in [-0.3, -0.25) is 0 Å². The highest BCUT2D eigenvalue weighted by atomic mass is 16.7. The zero-order valence-corrected chi connectivity index (χ0v) is 6.34. The lowest BCUT2D eigenvalue weighted by atomic mass is 10.5. The zero-order valence-electron chi connectivity index (χ0n) is 6.34. The zero-order chi connectivity index (χ0) is 7.82. The molecule has 1 aliphatic heterocycles. The smallest absolute Gasteiger partial charge is 0.146 e. The molecule has 0 saturated carbocycles. The van der Waals surface area contributed by atoms with Crippen LogP contribution in [0, 0.1) is 0 Å². The summed E-state index contributed by atoms with van der Waals surface area (Å²) < 4.78 is 14.5. The van der Waals surface area contributed by atoms with E-state index >= 15 is 0 Å². The van der Waals surface area contributed by atoms with E-state index in [0.717, 1.165) is 6.61 Å². The first-order valence-electron chi connectivity index (χ1n) is 3.12. The number of hydrogen-bond donors (Lipinski definition) is 0. The Morgan fingerprint density at radius 2 is 2.20 bits per heavy atom. The molecule has 0 aromatic rings. The van der Waals surface area contributed by atoms with Gasteiger partial charge in [0, 0.05) is 7.11 Å². The predicted octanol–water partition coefficient (Wildman–Crippen LogP) is 0.808. The monoisotopic (exact) mass is 146 g/mol. The Hall–Kier alpha value is -0.380. The van der Waals surface area contributed by atoms with Crippen molar-refractivity contribution in [1.82, 2.24) is 0 Å². The summed E-state index contributed by atoms with van der Waals surface area (Å²) in [5.74, 6) is 0. The molecule has 3 nitrogen and oxygen atoms in total. The number of rotatable bonds is 4. The molecule has 60 valence electrons. The molecule has 1 fully saturated rings. The second-order valence-electron chi connectivity index (χ2n) is 1.73. The van der Waals surface area contributed by atoms with Crippen molar-refractivity contribution in [2.24, 2.45) is 0 Å². The van der Waals surface area contributed by atoms with Crippen molar-refractivity contribution in [3.05, 3.63) is 13.2 Å². The maximum Gasteiger partial charge on any atom is 0.146 e. The second kappa shape index (κ2) is 6.74. The van der Waals surface area contributed by atoms with Gasteiger partial charge >= 0.3 is 0 Å². The fourth-order valence-electron chi connectivity index (χ4n) is 0.427. The van der Waals surface area contributed by atoms with Crippen molar-refractivity contribution in [2.45, 2.75) is 6.10 Å². The minimum absolute atomic E-state index is 0.352. The molecule has 0 radical (unpaired) electrons. The third-order valence-electron chi connectivity index (χ3n) is 0.907. The third kappa shape index (κ3) is 5.75. The van der Waals surface area contributed by atoms with Crippen LogP contribution in [0.3, 0.4) is 0 Å². The van der Waals surface area contributed by atoms with Crippen LogP contribution in [0.15, 0.2) is 13.2 Å². The quantitative estimate of drug-likeness (QED) is 0.254. The standard InChI is InChI=1S/C5H10O3.C2H4/c1-6-4-7-2-5-3-8-5;1-2/h5H,2-4H2,1H3;1-2H2. The minimum Gasteiger partial charge on any atom is -0.371 e. The van der Waals surface area contributed by atoms with Crippen LogP contribution in [0.1, 0.15) is 0 Å². The Bertz CT molecular complexity index is 71.3. The van der Waals surface area contributed by atoms with Crippen molar-refractivity contribution >= 4 is 0 Å². The highest BCUT2D eigenvalue weighted by Crippen LogP contribution is 2.07. The van der Waals surface area contributed by atoms with Crippen LogP contribution in [0.5, 0.6) is 0 Å². The molecule has 1 heterocycles. The molecule has 1 atom stereocenters. The Labute approximate surface area is 61.6 Å². The molecule has 1 aliphatic rings. The molecule has 0 aromatic carbocycles. The lowest BCUT2D eigenvalue weighted by Crippen LogP contribution is -2.03. The molecule has 1 saturated heterocycles. The number of ether oxygens (including phenoxy) is 3. The molecule has 10 heavy (non-hydrogen) atoms. The Balaban J connectivity index is 0.000000371. The van der Waals surface area contributed by atoms with Gasteiger partial charge in [-0.2, -0.15) is 0 Å². The number of epoxide rings is 1. The molecule has 0 aromatic heterocycles. The maximum atomic E-state index is 4.96. The van der Waals surface area contributed by atoms with Crippen LogP contribution in [-0.4, -0.2) is 33.2 Å². The summed E-state index contributed by atoms with van der Waals surface area (Å²) in [5, 5.41) is 0. The topological polar surface area (TPSA) is 31.0 Å². The molecule has 0 N–H and O–H groups in total. The third-order valence-corrected chi connectivity index (χ3v) is 0.907. The van der Waals surface area contributed by atoms with E-state index in [9.17, 15) is 0 Å².